The average Bonchev–Trinajstić information content (AvgIpc) is 2.69. The van der Waals surface area contributed by atoms with Crippen LogP contribution in [-0.4, -0.2) is 42.3 Å². The number of carbonyl (C=O) groups is 1. The van der Waals surface area contributed by atoms with Gasteiger partial charge in [0, 0.05) is 6.42 Å². The number of piperidine rings is 1. The largest absolute Gasteiger partial charge is 0.490 e. The Morgan fingerprint density at radius 3 is 2.54 bits per heavy atom. The van der Waals surface area contributed by atoms with Crippen molar-refractivity contribution in [2.45, 2.75) is 37.9 Å². The molecule has 0 aromatic heterocycles. The first kappa shape index (κ1) is 20.3. The van der Waals surface area contributed by atoms with E-state index in [0.29, 0.717) is 23.5 Å². The van der Waals surface area contributed by atoms with E-state index in [4.69, 9.17) is 9.47 Å². The van der Waals surface area contributed by atoms with E-state index < -0.39 is 11.7 Å². The summed E-state index contributed by atoms with van der Waals surface area (Å²) in [5.41, 5.74) is -0.0554. The lowest BCUT2D eigenvalue weighted by Crippen LogP contribution is -2.49. The molecule has 1 fully saturated rings. The number of hydrogen-bond donors (Lipinski definition) is 2. The molecule has 3 rings (SSSR count). The number of rotatable bonds is 8. The highest BCUT2D eigenvalue weighted by Gasteiger charge is 2.36. The molecule has 1 saturated heterocycles. The molecular weight excluding hydrogens is 361 g/mol. The maximum atomic E-state index is 13.2. The van der Waals surface area contributed by atoms with E-state index in [0.717, 1.165) is 25.9 Å². The summed E-state index contributed by atoms with van der Waals surface area (Å²) in [5, 5.41) is 13.9. The van der Waals surface area contributed by atoms with Gasteiger partial charge < -0.3 is 19.9 Å². The van der Waals surface area contributed by atoms with Gasteiger partial charge in [0.15, 0.2) is 5.78 Å². The van der Waals surface area contributed by atoms with Gasteiger partial charge in [0.05, 0.1) is 11.7 Å². The predicted molar refractivity (Wildman–Crippen MR) is 104 cm³/mol. The Morgan fingerprint density at radius 2 is 1.86 bits per heavy atom. The molecule has 1 unspecified atom stereocenters. The molecule has 1 atom stereocenters. The fourth-order valence-corrected chi connectivity index (χ4v) is 3.54. The lowest BCUT2D eigenvalue weighted by atomic mass is 9.86. The van der Waals surface area contributed by atoms with Crippen molar-refractivity contribution in [2.75, 3.05) is 19.7 Å². The fourth-order valence-electron chi connectivity index (χ4n) is 3.54. The van der Waals surface area contributed by atoms with Gasteiger partial charge in [0.1, 0.15) is 29.5 Å². The van der Waals surface area contributed by atoms with Gasteiger partial charge in [-0.1, -0.05) is 12.1 Å². The normalized spacial score (nSPS) is 17.0. The second kappa shape index (κ2) is 9.17. The number of carbonyl (C=O) groups excluding carboxylic acids is 1. The predicted octanol–water partition coefficient (Wildman–Crippen LogP) is 3.36. The van der Waals surface area contributed by atoms with Crippen LogP contribution in [0.25, 0.3) is 0 Å². The minimum atomic E-state index is -0.765. The Hall–Kier alpha value is -2.44. The highest BCUT2D eigenvalue weighted by molar-refractivity contribution is 5.96. The van der Waals surface area contributed by atoms with E-state index in [9.17, 15) is 14.3 Å². The standard InChI is InChI=1S/C22H26FNO4/c1-16(25)20-4-2-3-5-21(20)27-15-18(26)14-22(10-12-24-13-11-22)28-19-8-6-17(23)7-9-19/h2-9,18,24,26H,10-15H2,1H3. The van der Waals surface area contributed by atoms with Gasteiger partial charge in [-0.25, -0.2) is 4.39 Å². The molecule has 0 saturated carbocycles. The lowest BCUT2D eigenvalue weighted by molar-refractivity contribution is -0.0233. The van der Waals surface area contributed by atoms with Gasteiger partial charge in [-0.15, -0.1) is 0 Å². The van der Waals surface area contributed by atoms with Crippen LogP contribution in [0.5, 0.6) is 11.5 Å². The minimum absolute atomic E-state index is 0.0618. The number of Topliss-reactive ketones (excluding diaryl/α,β-unsaturated/α-hetero) is 1. The third kappa shape index (κ3) is 5.30. The second-order valence-corrected chi connectivity index (χ2v) is 7.21. The molecule has 0 spiro atoms. The number of halogens is 1. The van der Waals surface area contributed by atoms with Crippen LogP contribution in [0.2, 0.25) is 0 Å². The summed E-state index contributed by atoms with van der Waals surface area (Å²) >= 11 is 0. The van der Waals surface area contributed by atoms with E-state index in [1.807, 2.05) is 0 Å². The summed E-state index contributed by atoms with van der Waals surface area (Å²) in [4.78, 5) is 11.7. The number of hydrogen-bond acceptors (Lipinski definition) is 5. The molecule has 6 heteroatoms. The van der Waals surface area contributed by atoms with Crippen LogP contribution in [0.15, 0.2) is 48.5 Å². The number of ketones is 1. The van der Waals surface area contributed by atoms with Crippen molar-refractivity contribution in [3.05, 3.63) is 59.9 Å². The first-order chi connectivity index (χ1) is 13.5. The third-order valence-electron chi connectivity index (χ3n) is 4.97. The van der Waals surface area contributed by atoms with Crippen molar-refractivity contribution >= 4 is 5.78 Å². The van der Waals surface area contributed by atoms with Crippen molar-refractivity contribution in [3.63, 3.8) is 0 Å². The summed E-state index contributed by atoms with van der Waals surface area (Å²) < 4.78 is 25.1. The molecule has 0 amide bonds. The van der Waals surface area contributed by atoms with Crippen LogP contribution in [0, 0.1) is 5.82 Å². The molecule has 0 aliphatic carbocycles. The SMILES string of the molecule is CC(=O)c1ccccc1OCC(O)CC1(Oc2ccc(F)cc2)CCNCC1. The highest BCUT2D eigenvalue weighted by atomic mass is 19.1. The average molecular weight is 387 g/mol. The molecule has 1 heterocycles. The van der Waals surface area contributed by atoms with Crippen molar-refractivity contribution in [1.29, 1.82) is 0 Å². The molecule has 2 N–H and O–H groups in total. The Labute approximate surface area is 164 Å². The summed E-state index contributed by atoms with van der Waals surface area (Å²) in [6.07, 6.45) is 1.07. The Balaban J connectivity index is 1.65. The van der Waals surface area contributed by atoms with Gasteiger partial charge in [-0.3, -0.25) is 4.79 Å². The second-order valence-electron chi connectivity index (χ2n) is 7.21. The number of aliphatic hydroxyl groups is 1. The van der Waals surface area contributed by atoms with Crippen LogP contribution >= 0.6 is 0 Å². The van der Waals surface area contributed by atoms with Crippen molar-refractivity contribution in [3.8, 4) is 11.5 Å². The zero-order chi connectivity index (χ0) is 20.0. The lowest BCUT2D eigenvalue weighted by Gasteiger charge is -2.39. The van der Waals surface area contributed by atoms with Crippen LogP contribution in [0.1, 0.15) is 36.5 Å². The molecule has 28 heavy (non-hydrogen) atoms. The molecule has 0 bridgehead atoms. The number of nitrogens with one attached hydrogen (secondary N) is 1. The van der Waals surface area contributed by atoms with Crippen LogP contribution in [-0.2, 0) is 0 Å². The van der Waals surface area contributed by atoms with E-state index in [-0.39, 0.29) is 18.2 Å². The molecule has 0 radical (unpaired) electrons. The van der Waals surface area contributed by atoms with Crippen LogP contribution in [0.3, 0.4) is 0 Å². The van der Waals surface area contributed by atoms with Crippen molar-refractivity contribution < 1.29 is 23.8 Å². The highest BCUT2D eigenvalue weighted by Crippen LogP contribution is 2.31. The molecule has 5 nitrogen and oxygen atoms in total. The van der Waals surface area contributed by atoms with Crippen LogP contribution < -0.4 is 14.8 Å². The maximum Gasteiger partial charge on any atom is 0.163 e. The summed E-state index contributed by atoms with van der Waals surface area (Å²) in [5.74, 6) is 0.648. The van der Waals surface area contributed by atoms with Crippen LogP contribution in [0.4, 0.5) is 4.39 Å². The monoisotopic (exact) mass is 387 g/mol. The molecule has 1 aliphatic heterocycles. The first-order valence-corrected chi connectivity index (χ1v) is 9.54. The number of para-hydroxylation sites is 1. The summed E-state index contributed by atoms with van der Waals surface area (Å²) in [6.45, 7) is 3.11. The van der Waals surface area contributed by atoms with E-state index in [1.54, 1.807) is 36.4 Å². The Morgan fingerprint density at radius 1 is 1.18 bits per heavy atom. The zero-order valence-electron chi connectivity index (χ0n) is 16.0. The third-order valence-corrected chi connectivity index (χ3v) is 4.97. The van der Waals surface area contributed by atoms with Gasteiger partial charge in [0.2, 0.25) is 0 Å². The molecule has 2 aromatic carbocycles. The minimum Gasteiger partial charge on any atom is -0.490 e. The smallest absolute Gasteiger partial charge is 0.163 e. The topological polar surface area (TPSA) is 67.8 Å². The maximum absolute atomic E-state index is 13.2. The zero-order valence-corrected chi connectivity index (χ0v) is 16.0. The fraction of sp³-hybridized carbons (Fsp3) is 0.409. The number of benzene rings is 2. The summed E-state index contributed by atoms with van der Waals surface area (Å²) in [7, 11) is 0. The van der Waals surface area contributed by atoms with E-state index >= 15 is 0 Å². The van der Waals surface area contributed by atoms with Gasteiger partial charge >= 0.3 is 0 Å². The van der Waals surface area contributed by atoms with E-state index in [2.05, 4.69) is 5.32 Å². The number of aliphatic hydroxyl groups excluding tert-OH is 1. The van der Waals surface area contributed by atoms with Gasteiger partial charge in [-0.05, 0) is 69.3 Å². The Kier molecular flexibility index (Phi) is 6.65. The molecule has 150 valence electrons. The number of ether oxygens (including phenoxy) is 2. The molecular formula is C22H26FNO4. The van der Waals surface area contributed by atoms with Gasteiger partial charge in [0.25, 0.3) is 0 Å². The molecule has 2 aromatic rings. The Bertz CT molecular complexity index is 787. The molecule has 1 aliphatic rings. The van der Waals surface area contributed by atoms with Crippen molar-refractivity contribution in [2.24, 2.45) is 0 Å². The van der Waals surface area contributed by atoms with Crippen molar-refractivity contribution in [1.82, 2.24) is 5.32 Å². The van der Waals surface area contributed by atoms with E-state index in [1.165, 1.54) is 19.1 Å². The quantitative estimate of drug-likeness (QED) is 0.680. The first-order valence-electron chi connectivity index (χ1n) is 9.54. The van der Waals surface area contributed by atoms with Gasteiger partial charge in [-0.2, -0.15) is 0 Å². The summed E-state index contributed by atoms with van der Waals surface area (Å²) in [6, 6.07) is 12.9.